The maximum atomic E-state index is 12.7. The van der Waals surface area contributed by atoms with Gasteiger partial charge in [-0.1, -0.05) is 12.1 Å². The number of nitrogens with zero attached hydrogens (tertiary/aromatic N) is 2. The minimum absolute atomic E-state index is 0.188. The Labute approximate surface area is 151 Å². The van der Waals surface area contributed by atoms with Crippen LogP contribution in [0, 0.1) is 0 Å². The summed E-state index contributed by atoms with van der Waals surface area (Å²) < 4.78 is 7.04. The van der Waals surface area contributed by atoms with Crippen LogP contribution in [-0.4, -0.2) is 28.5 Å². The van der Waals surface area contributed by atoms with Gasteiger partial charge in [0, 0.05) is 12.6 Å². The van der Waals surface area contributed by atoms with Gasteiger partial charge in [-0.05, 0) is 37.3 Å². The summed E-state index contributed by atoms with van der Waals surface area (Å²) in [4.78, 5) is 28.3. The number of benzene rings is 2. The molecule has 2 N–H and O–H groups in total. The monoisotopic (exact) mass is 352 g/mol. The fourth-order valence-corrected chi connectivity index (χ4v) is 2.73. The summed E-state index contributed by atoms with van der Waals surface area (Å²) in [6.45, 7) is 3.22. The Morgan fingerprint density at radius 3 is 2.65 bits per heavy atom. The van der Waals surface area contributed by atoms with E-state index in [0.29, 0.717) is 17.1 Å². The van der Waals surface area contributed by atoms with Gasteiger partial charge in [-0.25, -0.2) is 4.98 Å². The molecule has 1 atom stereocenters. The van der Waals surface area contributed by atoms with Crippen molar-refractivity contribution in [2.24, 2.45) is 0 Å². The van der Waals surface area contributed by atoms with Gasteiger partial charge in [0.05, 0.1) is 30.2 Å². The molecule has 0 radical (unpaired) electrons. The number of hydrogen-bond acceptors (Lipinski definition) is 4. The largest absolute Gasteiger partial charge is 0.495 e. The summed E-state index contributed by atoms with van der Waals surface area (Å²) in [6.07, 6.45) is 1.66. The van der Waals surface area contributed by atoms with E-state index in [9.17, 15) is 9.59 Å². The van der Waals surface area contributed by atoms with E-state index >= 15 is 0 Å². The number of imidazole rings is 1. The topological polar surface area (TPSA) is 85.2 Å². The predicted molar refractivity (Wildman–Crippen MR) is 100 cm³/mol. The van der Waals surface area contributed by atoms with Crippen molar-refractivity contribution >= 4 is 34.2 Å². The number of amides is 2. The first-order valence-corrected chi connectivity index (χ1v) is 8.17. The molecule has 0 aliphatic heterocycles. The Balaban J connectivity index is 1.82. The van der Waals surface area contributed by atoms with Crippen molar-refractivity contribution < 1.29 is 14.3 Å². The molecule has 3 rings (SSSR count). The van der Waals surface area contributed by atoms with E-state index in [1.807, 2.05) is 35.8 Å². The van der Waals surface area contributed by atoms with Crippen molar-refractivity contribution in [1.82, 2.24) is 9.55 Å². The summed E-state index contributed by atoms with van der Waals surface area (Å²) in [5.74, 6) is 0.115. The number of para-hydroxylation sites is 2. The molecule has 7 heteroatoms. The maximum Gasteiger partial charge on any atom is 0.247 e. The highest BCUT2D eigenvalue weighted by Crippen LogP contribution is 2.28. The fraction of sp³-hybridized carbons (Fsp3) is 0.211. The molecule has 3 aromatic rings. The average Bonchev–Trinajstić information content (AvgIpc) is 3.05. The van der Waals surface area contributed by atoms with Crippen LogP contribution < -0.4 is 15.4 Å². The Hall–Kier alpha value is -3.35. The summed E-state index contributed by atoms with van der Waals surface area (Å²) in [5.41, 5.74) is 2.79. The normalized spacial score (nSPS) is 11.8. The average molecular weight is 352 g/mol. The maximum absolute atomic E-state index is 12.7. The standard InChI is InChI=1S/C19H20N4O3/c1-12(23-11-20-15-6-4-5-7-17(15)23)19(25)22-14-8-9-18(26-3)16(10-14)21-13(2)24/h4-12H,1-3H3,(H,21,24)(H,22,25). The summed E-state index contributed by atoms with van der Waals surface area (Å²) in [6, 6.07) is 12.3. The van der Waals surface area contributed by atoms with Crippen molar-refractivity contribution in [1.29, 1.82) is 0 Å². The van der Waals surface area contributed by atoms with E-state index in [1.54, 1.807) is 24.5 Å². The number of methoxy groups -OCH3 is 1. The minimum atomic E-state index is -0.450. The van der Waals surface area contributed by atoms with E-state index in [1.165, 1.54) is 14.0 Å². The Morgan fingerprint density at radius 1 is 1.15 bits per heavy atom. The van der Waals surface area contributed by atoms with E-state index in [4.69, 9.17) is 4.74 Å². The van der Waals surface area contributed by atoms with Crippen molar-refractivity contribution in [3.8, 4) is 5.75 Å². The lowest BCUT2D eigenvalue weighted by Crippen LogP contribution is -2.23. The van der Waals surface area contributed by atoms with Crippen LogP contribution in [0.5, 0.6) is 5.75 Å². The van der Waals surface area contributed by atoms with E-state index in [2.05, 4.69) is 15.6 Å². The molecule has 0 aliphatic rings. The van der Waals surface area contributed by atoms with Crippen LogP contribution >= 0.6 is 0 Å². The second kappa shape index (κ2) is 7.26. The number of nitrogens with one attached hydrogen (secondary N) is 2. The molecule has 0 saturated heterocycles. The van der Waals surface area contributed by atoms with Gasteiger partial charge in [-0.2, -0.15) is 0 Å². The van der Waals surface area contributed by atoms with Crippen LogP contribution in [0.4, 0.5) is 11.4 Å². The smallest absolute Gasteiger partial charge is 0.247 e. The molecule has 0 spiro atoms. The number of fused-ring (bicyclic) bond motifs is 1. The van der Waals surface area contributed by atoms with Crippen LogP contribution in [0.15, 0.2) is 48.8 Å². The summed E-state index contributed by atoms with van der Waals surface area (Å²) in [7, 11) is 1.52. The summed E-state index contributed by atoms with van der Waals surface area (Å²) >= 11 is 0. The minimum Gasteiger partial charge on any atom is -0.495 e. The van der Waals surface area contributed by atoms with Gasteiger partial charge in [-0.3, -0.25) is 9.59 Å². The Morgan fingerprint density at radius 2 is 1.92 bits per heavy atom. The molecular formula is C19H20N4O3. The Kier molecular flexibility index (Phi) is 4.88. The van der Waals surface area contributed by atoms with Gasteiger partial charge >= 0.3 is 0 Å². The first-order chi connectivity index (χ1) is 12.5. The highest BCUT2D eigenvalue weighted by Gasteiger charge is 2.18. The van der Waals surface area contributed by atoms with Crippen LogP contribution in [0.3, 0.4) is 0 Å². The molecule has 2 amide bonds. The molecule has 1 unspecified atom stereocenters. The third-order valence-electron chi connectivity index (χ3n) is 4.06. The molecule has 7 nitrogen and oxygen atoms in total. The zero-order chi connectivity index (χ0) is 18.7. The first kappa shape index (κ1) is 17.5. The number of carbonyl (C=O) groups is 2. The number of aromatic nitrogens is 2. The fourth-order valence-electron chi connectivity index (χ4n) is 2.73. The molecule has 0 aliphatic carbocycles. The molecule has 0 saturated carbocycles. The molecule has 0 bridgehead atoms. The predicted octanol–water partition coefficient (Wildman–Crippen LogP) is 3.20. The van der Waals surface area contributed by atoms with Crippen LogP contribution in [-0.2, 0) is 9.59 Å². The van der Waals surface area contributed by atoms with Crippen LogP contribution in [0.25, 0.3) is 11.0 Å². The first-order valence-electron chi connectivity index (χ1n) is 8.17. The molecule has 0 fully saturated rings. The molecule has 1 aromatic heterocycles. The summed E-state index contributed by atoms with van der Waals surface area (Å²) in [5, 5.41) is 5.55. The zero-order valence-corrected chi connectivity index (χ0v) is 14.8. The zero-order valence-electron chi connectivity index (χ0n) is 14.8. The second-order valence-corrected chi connectivity index (χ2v) is 5.90. The number of ether oxygens (including phenoxy) is 1. The number of carbonyl (C=O) groups excluding carboxylic acids is 2. The van der Waals surface area contributed by atoms with Crippen molar-refractivity contribution in [2.75, 3.05) is 17.7 Å². The quantitative estimate of drug-likeness (QED) is 0.738. The molecule has 2 aromatic carbocycles. The van der Waals surface area contributed by atoms with Gasteiger partial charge in [0.2, 0.25) is 11.8 Å². The van der Waals surface area contributed by atoms with Gasteiger partial charge in [0.25, 0.3) is 0 Å². The van der Waals surface area contributed by atoms with Crippen molar-refractivity contribution in [2.45, 2.75) is 19.9 Å². The van der Waals surface area contributed by atoms with Gasteiger partial charge < -0.3 is 19.9 Å². The lowest BCUT2D eigenvalue weighted by atomic mass is 10.2. The van der Waals surface area contributed by atoms with Gasteiger partial charge in [0.15, 0.2) is 0 Å². The number of anilines is 2. The highest BCUT2D eigenvalue weighted by atomic mass is 16.5. The van der Waals surface area contributed by atoms with Crippen molar-refractivity contribution in [3.05, 3.63) is 48.8 Å². The van der Waals surface area contributed by atoms with E-state index < -0.39 is 6.04 Å². The highest BCUT2D eigenvalue weighted by molar-refractivity contribution is 5.96. The van der Waals surface area contributed by atoms with E-state index in [-0.39, 0.29) is 11.8 Å². The van der Waals surface area contributed by atoms with Crippen LogP contribution in [0.1, 0.15) is 19.9 Å². The van der Waals surface area contributed by atoms with Crippen molar-refractivity contribution in [3.63, 3.8) is 0 Å². The van der Waals surface area contributed by atoms with E-state index in [0.717, 1.165) is 11.0 Å². The lowest BCUT2D eigenvalue weighted by molar-refractivity contribution is -0.118. The molecule has 134 valence electrons. The number of hydrogen-bond donors (Lipinski definition) is 2. The van der Waals surface area contributed by atoms with Crippen LogP contribution in [0.2, 0.25) is 0 Å². The second-order valence-electron chi connectivity index (χ2n) is 5.90. The third-order valence-corrected chi connectivity index (χ3v) is 4.06. The van der Waals surface area contributed by atoms with Gasteiger partial charge in [-0.15, -0.1) is 0 Å². The number of rotatable bonds is 5. The molecule has 26 heavy (non-hydrogen) atoms. The van der Waals surface area contributed by atoms with Gasteiger partial charge in [0.1, 0.15) is 11.8 Å². The Bertz CT molecular complexity index is 964. The molecule has 1 heterocycles. The lowest BCUT2D eigenvalue weighted by Gasteiger charge is -2.16. The molecular weight excluding hydrogens is 332 g/mol. The third kappa shape index (κ3) is 3.51. The SMILES string of the molecule is COc1ccc(NC(=O)C(C)n2cnc3ccccc32)cc1NC(C)=O.